The molecule has 1 aliphatic rings. The minimum absolute atomic E-state index is 0.195. The Balaban J connectivity index is 1.80. The SMILES string of the molecule is Cc1cc(C)nc(NC(=O)c2ccnc(C3CC3)c2)n1. The van der Waals surface area contributed by atoms with E-state index in [1.54, 1.807) is 12.3 Å². The minimum Gasteiger partial charge on any atom is -0.290 e. The van der Waals surface area contributed by atoms with E-state index in [2.05, 4.69) is 20.3 Å². The zero-order chi connectivity index (χ0) is 14.1. The maximum atomic E-state index is 12.2. The van der Waals surface area contributed by atoms with E-state index in [9.17, 15) is 4.79 Å². The lowest BCUT2D eigenvalue weighted by atomic mass is 10.1. The number of nitrogens with zero attached hydrogens (tertiary/aromatic N) is 3. The Morgan fingerprint density at radius 3 is 2.55 bits per heavy atom. The summed E-state index contributed by atoms with van der Waals surface area (Å²) in [7, 11) is 0. The van der Waals surface area contributed by atoms with Crippen molar-refractivity contribution in [2.45, 2.75) is 32.6 Å². The van der Waals surface area contributed by atoms with Crippen molar-refractivity contribution in [3.8, 4) is 0 Å². The molecule has 5 nitrogen and oxygen atoms in total. The molecule has 5 heteroatoms. The molecule has 0 bridgehead atoms. The maximum absolute atomic E-state index is 12.2. The monoisotopic (exact) mass is 268 g/mol. The zero-order valence-corrected chi connectivity index (χ0v) is 11.6. The Morgan fingerprint density at radius 1 is 1.20 bits per heavy atom. The van der Waals surface area contributed by atoms with E-state index in [-0.39, 0.29) is 5.91 Å². The molecule has 2 aromatic heterocycles. The van der Waals surface area contributed by atoms with Gasteiger partial charge in [-0.15, -0.1) is 0 Å². The second-order valence-electron chi connectivity index (χ2n) is 5.17. The summed E-state index contributed by atoms with van der Waals surface area (Å²) in [6.45, 7) is 3.75. The van der Waals surface area contributed by atoms with Gasteiger partial charge >= 0.3 is 0 Å². The fraction of sp³-hybridized carbons (Fsp3) is 0.333. The number of hydrogen-bond donors (Lipinski definition) is 1. The van der Waals surface area contributed by atoms with Gasteiger partial charge in [-0.05, 0) is 44.9 Å². The molecule has 0 aromatic carbocycles. The summed E-state index contributed by atoms with van der Waals surface area (Å²) in [5.74, 6) is 0.678. The highest BCUT2D eigenvalue weighted by Crippen LogP contribution is 2.38. The summed E-state index contributed by atoms with van der Waals surface area (Å²) >= 11 is 0. The van der Waals surface area contributed by atoms with Gasteiger partial charge in [0.2, 0.25) is 5.95 Å². The first-order chi connectivity index (χ1) is 9.61. The fourth-order valence-electron chi connectivity index (χ4n) is 2.15. The first-order valence-electron chi connectivity index (χ1n) is 6.71. The van der Waals surface area contributed by atoms with Crippen LogP contribution >= 0.6 is 0 Å². The van der Waals surface area contributed by atoms with Crippen molar-refractivity contribution in [3.05, 3.63) is 47.0 Å². The summed E-state index contributed by atoms with van der Waals surface area (Å²) in [6, 6.07) is 5.44. The fourth-order valence-corrected chi connectivity index (χ4v) is 2.15. The van der Waals surface area contributed by atoms with Crippen LogP contribution in [-0.4, -0.2) is 20.9 Å². The van der Waals surface area contributed by atoms with E-state index >= 15 is 0 Å². The lowest BCUT2D eigenvalue weighted by molar-refractivity contribution is 0.102. The molecule has 1 N–H and O–H groups in total. The molecule has 3 rings (SSSR count). The number of aryl methyl sites for hydroxylation is 2. The van der Waals surface area contributed by atoms with Gasteiger partial charge < -0.3 is 0 Å². The molecule has 0 unspecified atom stereocenters. The molecule has 0 atom stereocenters. The summed E-state index contributed by atoms with van der Waals surface area (Å²) in [5.41, 5.74) is 3.27. The van der Waals surface area contributed by atoms with Crippen molar-refractivity contribution in [2.24, 2.45) is 0 Å². The largest absolute Gasteiger partial charge is 0.290 e. The Bertz CT molecular complexity index is 644. The van der Waals surface area contributed by atoms with Crippen LogP contribution in [0.3, 0.4) is 0 Å². The van der Waals surface area contributed by atoms with Gasteiger partial charge in [-0.25, -0.2) is 9.97 Å². The highest BCUT2D eigenvalue weighted by Gasteiger charge is 2.25. The molecule has 102 valence electrons. The highest BCUT2D eigenvalue weighted by atomic mass is 16.1. The molecule has 1 aliphatic carbocycles. The minimum atomic E-state index is -0.195. The molecule has 2 aromatic rings. The molecule has 0 radical (unpaired) electrons. The summed E-state index contributed by atoms with van der Waals surface area (Å²) < 4.78 is 0. The normalized spacial score (nSPS) is 14.1. The van der Waals surface area contributed by atoms with E-state index in [0.29, 0.717) is 17.4 Å². The van der Waals surface area contributed by atoms with Gasteiger partial charge in [-0.3, -0.25) is 15.1 Å². The van der Waals surface area contributed by atoms with Crippen molar-refractivity contribution < 1.29 is 4.79 Å². The molecule has 20 heavy (non-hydrogen) atoms. The smallest absolute Gasteiger partial charge is 0.258 e. The van der Waals surface area contributed by atoms with E-state index in [0.717, 1.165) is 29.9 Å². The van der Waals surface area contributed by atoms with Crippen molar-refractivity contribution in [3.63, 3.8) is 0 Å². The first-order valence-corrected chi connectivity index (χ1v) is 6.71. The van der Waals surface area contributed by atoms with Gasteiger partial charge in [0.1, 0.15) is 0 Å². The lowest BCUT2D eigenvalue weighted by Crippen LogP contribution is -2.15. The Labute approximate surface area is 117 Å². The average Bonchev–Trinajstić information content (AvgIpc) is 3.22. The van der Waals surface area contributed by atoms with Gasteiger partial charge in [0.15, 0.2) is 0 Å². The standard InChI is InChI=1S/C15H16N4O/c1-9-7-10(2)18-15(17-9)19-14(20)12-5-6-16-13(8-12)11-3-4-11/h5-8,11H,3-4H2,1-2H3,(H,17,18,19,20). The zero-order valence-electron chi connectivity index (χ0n) is 11.6. The van der Waals surface area contributed by atoms with E-state index < -0.39 is 0 Å². The molecule has 1 saturated carbocycles. The Kier molecular flexibility index (Phi) is 3.18. The Morgan fingerprint density at radius 2 is 1.90 bits per heavy atom. The van der Waals surface area contributed by atoms with Crippen LogP contribution < -0.4 is 5.32 Å². The second kappa shape index (κ2) is 5.00. The van der Waals surface area contributed by atoms with E-state index in [4.69, 9.17) is 0 Å². The molecule has 0 spiro atoms. The van der Waals surface area contributed by atoms with Gasteiger partial charge in [-0.1, -0.05) is 0 Å². The Hall–Kier alpha value is -2.30. The van der Waals surface area contributed by atoms with Crippen molar-refractivity contribution in [2.75, 3.05) is 5.32 Å². The van der Waals surface area contributed by atoms with Crippen LogP contribution in [0.5, 0.6) is 0 Å². The van der Waals surface area contributed by atoms with Crippen LogP contribution in [0.25, 0.3) is 0 Å². The number of hydrogen-bond acceptors (Lipinski definition) is 4. The molecule has 2 heterocycles. The predicted octanol–water partition coefficient (Wildman–Crippen LogP) is 2.62. The van der Waals surface area contributed by atoms with E-state index in [1.165, 1.54) is 0 Å². The highest BCUT2D eigenvalue weighted by molar-refractivity contribution is 6.03. The van der Waals surface area contributed by atoms with Gasteiger partial charge in [0, 0.05) is 34.8 Å². The average molecular weight is 268 g/mol. The number of carbonyl (C=O) groups excluding carboxylic acids is 1. The maximum Gasteiger partial charge on any atom is 0.258 e. The summed E-state index contributed by atoms with van der Waals surface area (Å²) in [6.07, 6.45) is 4.02. The third-order valence-electron chi connectivity index (χ3n) is 3.25. The van der Waals surface area contributed by atoms with Crippen LogP contribution in [0.1, 0.15) is 46.2 Å². The quantitative estimate of drug-likeness (QED) is 0.929. The van der Waals surface area contributed by atoms with Crippen LogP contribution in [0.15, 0.2) is 24.4 Å². The molecule has 0 saturated heterocycles. The number of carbonyl (C=O) groups is 1. The van der Waals surface area contributed by atoms with Crippen LogP contribution in [-0.2, 0) is 0 Å². The van der Waals surface area contributed by atoms with Crippen LogP contribution in [0, 0.1) is 13.8 Å². The summed E-state index contributed by atoms with van der Waals surface area (Å²) in [4.78, 5) is 24.9. The van der Waals surface area contributed by atoms with Crippen molar-refractivity contribution in [1.82, 2.24) is 15.0 Å². The van der Waals surface area contributed by atoms with Crippen molar-refractivity contribution >= 4 is 11.9 Å². The third-order valence-corrected chi connectivity index (χ3v) is 3.25. The lowest BCUT2D eigenvalue weighted by Gasteiger charge is -2.06. The van der Waals surface area contributed by atoms with Gasteiger partial charge in [0.05, 0.1) is 0 Å². The van der Waals surface area contributed by atoms with E-state index in [1.807, 2.05) is 26.0 Å². The molecule has 1 fully saturated rings. The number of nitrogens with one attached hydrogen (secondary N) is 1. The van der Waals surface area contributed by atoms with Crippen LogP contribution in [0.4, 0.5) is 5.95 Å². The number of anilines is 1. The summed E-state index contributed by atoms with van der Waals surface area (Å²) in [5, 5.41) is 2.74. The van der Waals surface area contributed by atoms with Crippen LogP contribution in [0.2, 0.25) is 0 Å². The molecule has 1 amide bonds. The number of pyridine rings is 1. The molecular weight excluding hydrogens is 252 g/mol. The second-order valence-corrected chi connectivity index (χ2v) is 5.17. The van der Waals surface area contributed by atoms with Gasteiger partial charge in [-0.2, -0.15) is 0 Å². The van der Waals surface area contributed by atoms with Gasteiger partial charge in [0.25, 0.3) is 5.91 Å². The number of aromatic nitrogens is 3. The molecule has 0 aliphatic heterocycles. The third kappa shape index (κ3) is 2.82. The molecular formula is C15H16N4O. The van der Waals surface area contributed by atoms with Crippen molar-refractivity contribution in [1.29, 1.82) is 0 Å². The topological polar surface area (TPSA) is 67.8 Å². The number of rotatable bonds is 3. The number of amides is 1. The predicted molar refractivity (Wildman–Crippen MR) is 75.7 cm³/mol. The first kappa shape index (κ1) is 12.7.